The summed E-state index contributed by atoms with van der Waals surface area (Å²) in [7, 11) is -3.59. The fourth-order valence-electron chi connectivity index (χ4n) is 1.65. The zero-order valence-electron chi connectivity index (χ0n) is 10.4. The fraction of sp³-hybridized carbons (Fsp3) is 0.364. The van der Waals surface area contributed by atoms with Crippen LogP contribution < -0.4 is 4.72 Å². The van der Waals surface area contributed by atoms with Crippen LogP contribution in [0.4, 0.5) is 0 Å². The minimum absolute atomic E-state index is 0.151. The van der Waals surface area contributed by atoms with Gasteiger partial charge in [-0.05, 0) is 32.9 Å². The Labute approximate surface area is 105 Å². The number of nitrogens with zero attached hydrogens (tertiary/aromatic N) is 1. The van der Waals surface area contributed by atoms with Crippen molar-refractivity contribution < 1.29 is 12.8 Å². The number of H-pyrrole nitrogens is 1. The second-order valence-corrected chi connectivity index (χ2v) is 5.83. The highest BCUT2D eigenvalue weighted by Crippen LogP contribution is 2.19. The van der Waals surface area contributed by atoms with Crippen LogP contribution in [0.15, 0.2) is 27.6 Å². The molecule has 2 aromatic heterocycles. The summed E-state index contributed by atoms with van der Waals surface area (Å²) in [5.41, 5.74) is 0.505. The van der Waals surface area contributed by atoms with E-state index in [0.29, 0.717) is 11.5 Å². The van der Waals surface area contributed by atoms with Gasteiger partial charge in [0.05, 0.1) is 17.9 Å². The zero-order chi connectivity index (χ0) is 13.3. The molecule has 0 fully saturated rings. The maximum Gasteiger partial charge on any atom is 0.244 e. The molecule has 2 N–H and O–H groups in total. The predicted octanol–water partition coefficient (Wildman–Crippen LogP) is 1.66. The van der Waals surface area contributed by atoms with Crippen molar-refractivity contribution in [2.45, 2.75) is 31.7 Å². The SMILES string of the molecule is Cc1ccc(C(C)NS(=O)(=O)c2cn[nH]c2C)o1. The van der Waals surface area contributed by atoms with Crippen molar-refractivity contribution in [3.63, 3.8) is 0 Å². The lowest BCUT2D eigenvalue weighted by Gasteiger charge is -2.11. The third-order valence-corrected chi connectivity index (χ3v) is 4.25. The topological polar surface area (TPSA) is 88.0 Å². The first-order chi connectivity index (χ1) is 8.40. The van der Waals surface area contributed by atoms with E-state index in [2.05, 4.69) is 14.9 Å². The molecular weight excluding hydrogens is 254 g/mol. The molecule has 0 radical (unpaired) electrons. The minimum Gasteiger partial charge on any atom is -0.465 e. The van der Waals surface area contributed by atoms with Gasteiger partial charge < -0.3 is 4.42 Å². The molecule has 7 heteroatoms. The van der Waals surface area contributed by atoms with E-state index < -0.39 is 16.1 Å². The molecule has 2 aromatic rings. The van der Waals surface area contributed by atoms with Crippen LogP contribution in [0.2, 0.25) is 0 Å². The molecule has 0 spiro atoms. The molecule has 0 saturated heterocycles. The monoisotopic (exact) mass is 269 g/mol. The quantitative estimate of drug-likeness (QED) is 0.883. The summed E-state index contributed by atoms with van der Waals surface area (Å²) < 4.78 is 32.1. The Balaban J connectivity index is 2.21. The number of hydrogen-bond donors (Lipinski definition) is 2. The number of hydrogen-bond acceptors (Lipinski definition) is 4. The molecule has 0 aliphatic heterocycles. The van der Waals surface area contributed by atoms with E-state index in [1.165, 1.54) is 6.20 Å². The normalized spacial score (nSPS) is 13.7. The Morgan fingerprint density at radius 1 is 1.39 bits per heavy atom. The van der Waals surface area contributed by atoms with Gasteiger partial charge in [-0.25, -0.2) is 13.1 Å². The van der Waals surface area contributed by atoms with Gasteiger partial charge in [-0.3, -0.25) is 5.10 Å². The molecule has 0 amide bonds. The van der Waals surface area contributed by atoms with Crippen molar-refractivity contribution in [3.05, 3.63) is 35.5 Å². The smallest absolute Gasteiger partial charge is 0.244 e. The van der Waals surface area contributed by atoms with Crippen LogP contribution in [-0.4, -0.2) is 18.6 Å². The van der Waals surface area contributed by atoms with Crippen molar-refractivity contribution in [3.8, 4) is 0 Å². The third-order valence-electron chi connectivity index (χ3n) is 2.59. The highest BCUT2D eigenvalue weighted by Gasteiger charge is 2.22. The van der Waals surface area contributed by atoms with Gasteiger partial charge >= 0.3 is 0 Å². The largest absolute Gasteiger partial charge is 0.465 e. The molecule has 98 valence electrons. The lowest BCUT2D eigenvalue weighted by atomic mass is 10.3. The second-order valence-electron chi connectivity index (χ2n) is 4.15. The Morgan fingerprint density at radius 2 is 2.11 bits per heavy atom. The first-order valence-electron chi connectivity index (χ1n) is 5.49. The summed E-state index contributed by atoms with van der Waals surface area (Å²) in [6.45, 7) is 5.19. The van der Waals surface area contributed by atoms with Gasteiger partial charge in [-0.2, -0.15) is 5.10 Å². The van der Waals surface area contributed by atoms with E-state index in [0.717, 1.165) is 5.76 Å². The fourth-order valence-corrected chi connectivity index (χ4v) is 3.00. The molecule has 2 rings (SSSR count). The van der Waals surface area contributed by atoms with Crippen molar-refractivity contribution in [2.75, 3.05) is 0 Å². The molecule has 6 nitrogen and oxygen atoms in total. The number of furan rings is 1. The predicted molar refractivity (Wildman–Crippen MR) is 65.5 cm³/mol. The average molecular weight is 269 g/mol. The van der Waals surface area contributed by atoms with Crippen LogP contribution in [0.1, 0.15) is 30.2 Å². The van der Waals surface area contributed by atoms with Crippen LogP contribution in [0.5, 0.6) is 0 Å². The van der Waals surface area contributed by atoms with E-state index in [-0.39, 0.29) is 4.90 Å². The van der Waals surface area contributed by atoms with Gasteiger partial charge in [0.1, 0.15) is 16.4 Å². The van der Waals surface area contributed by atoms with E-state index >= 15 is 0 Å². The van der Waals surface area contributed by atoms with Gasteiger partial charge in [-0.1, -0.05) is 0 Å². The third kappa shape index (κ3) is 2.46. The van der Waals surface area contributed by atoms with E-state index in [1.54, 1.807) is 26.0 Å². The molecule has 1 unspecified atom stereocenters. The molecule has 0 bridgehead atoms. The summed E-state index contributed by atoms with van der Waals surface area (Å²) in [6, 6.07) is 3.12. The van der Waals surface area contributed by atoms with Gasteiger partial charge in [-0.15, -0.1) is 0 Å². The summed E-state index contributed by atoms with van der Waals surface area (Å²) in [5, 5.41) is 6.30. The number of aromatic nitrogens is 2. The highest BCUT2D eigenvalue weighted by molar-refractivity contribution is 7.89. The summed E-state index contributed by atoms with van der Waals surface area (Å²) in [6.07, 6.45) is 1.29. The first-order valence-corrected chi connectivity index (χ1v) is 6.97. The molecule has 0 aromatic carbocycles. The maximum atomic E-state index is 12.1. The van der Waals surface area contributed by atoms with Gasteiger partial charge in [0, 0.05) is 0 Å². The summed E-state index contributed by atoms with van der Waals surface area (Å²) in [4.78, 5) is 0.151. The standard InChI is InChI=1S/C11H15N3O3S/c1-7-4-5-10(17-7)8(2)14-18(15,16)11-6-12-13-9(11)3/h4-6,8,14H,1-3H3,(H,12,13). The van der Waals surface area contributed by atoms with Crippen molar-refractivity contribution in [1.29, 1.82) is 0 Å². The first kappa shape index (κ1) is 12.8. The number of aromatic amines is 1. The zero-order valence-corrected chi connectivity index (χ0v) is 11.2. The molecule has 0 saturated carbocycles. The highest BCUT2D eigenvalue weighted by atomic mass is 32.2. The Bertz CT molecular complexity index is 642. The lowest BCUT2D eigenvalue weighted by Crippen LogP contribution is -2.26. The van der Waals surface area contributed by atoms with Crippen molar-refractivity contribution in [2.24, 2.45) is 0 Å². The molecule has 1 atom stereocenters. The lowest BCUT2D eigenvalue weighted by molar-refractivity contribution is 0.441. The van der Waals surface area contributed by atoms with Crippen LogP contribution in [0, 0.1) is 13.8 Å². The van der Waals surface area contributed by atoms with Gasteiger partial charge in [0.2, 0.25) is 10.0 Å². The van der Waals surface area contributed by atoms with Crippen LogP contribution in [0.3, 0.4) is 0 Å². The number of nitrogens with one attached hydrogen (secondary N) is 2. The number of rotatable bonds is 4. The Hall–Kier alpha value is -1.60. The van der Waals surface area contributed by atoms with E-state index in [1.807, 2.05) is 6.92 Å². The molecule has 18 heavy (non-hydrogen) atoms. The van der Waals surface area contributed by atoms with Gasteiger partial charge in [0.25, 0.3) is 0 Å². The number of aryl methyl sites for hydroxylation is 2. The molecule has 2 heterocycles. The minimum atomic E-state index is -3.59. The Morgan fingerprint density at radius 3 is 2.61 bits per heavy atom. The maximum absolute atomic E-state index is 12.1. The van der Waals surface area contributed by atoms with Crippen LogP contribution in [-0.2, 0) is 10.0 Å². The van der Waals surface area contributed by atoms with Crippen LogP contribution in [0.25, 0.3) is 0 Å². The Kier molecular flexibility index (Phi) is 3.27. The van der Waals surface area contributed by atoms with Crippen molar-refractivity contribution in [1.82, 2.24) is 14.9 Å². The molecular formula is C11H15N3O3S. The number of sulfonamides is 1. The molecule has 0 aliphatic carbocycles. The van der Waals surface area contributed by atoms with E-state index in [4.69, 9.17) is 4.42 Å². The van der Waals surface area contributed by atoms with E-state index in [9.17, 15) is 8.42 Å². The average Bonchev–Trinajstić information content (AvgIpc) is 2.86. The van der Waals surface area contributed by atoms with Crippen molar-refractivity contribution >= 4 is 10.0 Å². The summed E-state index contributed by atoms with van der Waals surface area (Å²) in [5.74, 6) is 1.33. The molecule has 0 aliphatic rings. The second kappa shape index (κ2) is 4.58. The summed E-state index contributed by atoms with van der Waals surface area (Å²) >= 11 is 0. The van der Waals surface area contributed by atoms with Gasteiger partial charge in [0.15, 0.2) is 0 Å². The van der Waals surface area contributed by atoms with Crippen LogP contribution >= 0.6 is 0 Å².